The molecule has 2 fully saturated rings. The van der Waals surface area contributed by atoms with E-state index in [1.807, 2.05) is 30.3 Å². The molecular formula is C20H28N2O5. The van der Waals surface area contributed by atoms with Crippen LogP contribution in [0.1, 0.15) is 39.2 Å². The Morgan fingerprint density at radius 2 is 2.00 bits per heavy atom. The highest BCUT2D eigenvalue weighted by molar-refractivity contribution is 5.87. The van der Waals surface area contributed by atoms with Gasteiger partial charge in [0.2, 0.25) is 5.91 Å². The molecule has 7 heteroatoms. The zero-order valence-electron chi connectivity index (χ0n) is 16.1. The maximum absolute atomic E-state index is 12.9. The lowest BCUT2D eigenvalue weighted by molar-refractivity contribution is -0.165. The highest BCUT2D eigenvalue weighted by Gasteiger charge is 2.45. The fraction of sp³-hybridized carbons (Fsp3) is 0.600. The molecule has 1 N–H and O–H groups in total. The van der Waals surface area contributed by atoms with Crippen molar-refractivity contribution in [3.8, 4) is 0 Å². The van der Waals surface area contributed by atoms with Crippen LogP contribution in [0.4, 0.5) is 4.79 Å². The Morgan fingerprint density at radius 1 is 1.26 bits per heavy atom. The van der Waals surface area contributed by atoms with Gasteiger partial charge in [0.05, 0.1) is 25.9 Å². The molecule has 3 rings (SSSR count). The third-order valence-electron chi connectivity index (χ3n) is 4.57. The van der Waals surface area contributed by atoms with Crippen molar-refractivity contribution in [3.05, 3.63) is 35.9 Å². The van der Waals surface area contributed by atoms with Crippen LogP contribution in [0.15, 0.2) is 30.3 Å². The molecule has 0 unspecified atom stereocenters. The fourth-order valence-electron chi connectivity index (χ4n) is 3.40. The Hall–Kier alpha value is -2.12. The third-order valence-corrected chi connectivity index (χ3v) is 4.57. The van der Waals surface area contributed by atoms with Gasteiger partial charge in [0, 0.05) is 0 Å². The Morgan fingerprint density at radius 3 is 2.70 bits per heavy atom. The molecule has 1 aromatic rings. The first-order valence-corrected chi connectivity index (χ1v) is 9.38. The van der Waals surface area contributed by atoms with E-state index in [9.17, 15) is 9.59 Å². The topological polar surface area (TPSA) is 77.1 Å². The van der Waals surface area contributed by atoms with Gasteiger partial charge in [-0.15, -0.1) is 0 Å². The SMILES string of the molecule is CC(C)(C)OC(=O)N[C@@H]1CO[C@@H]2CC[C@H](COCc3ccccc3)N2C1=O. The number of rotatable bonds is 5. The van der Waals surface area contributed by atoms with Gasteiger partial charge < -0.3 is 24.4 Å². The summed E-state index contributed by atoms with van der Waals surface area (Å²) in [5.41, 5.74) is 0.477. The van der Waals surface area contributed by atoms with Crippen LogP contribution in [0.2, 0.25) is 0 Å². The molecule has 27 heavy (non-hydrogen) atoms. The van der Waals surface area contributed by atoms with E-state index in [0.29, 0.717) is 13.2 Å². The standard InChI is InChI=1S/C20H28N2O5/c1-20(2,3)27-19(24)21-16-13-26-17-10-9-15(22(17)18(16)23)12-25-11-14-7-5-4-6-8-14/h4-8,15-17H,9-13H2,1-3H3,(H,21,24)/t15-,16-,17-/m1/s1. The number of nitrogens with one attached hydrogen (secondary N) is 1. The number of nitrogens with zero attached hydrogens (tertiary/aromatic N) is 1. The molecule has 3 atom stereocenters. The summed E-state index contributed by atoms with van der Waals surface area (Å²) in [6.45, 7) is 6.45. The summed E-state index contributed by atoms with van der Waals surface area (Å²) in [6, 6.07) is 9.14. The molecule has 2 amide bonds. The average molecular weight is 376 g/mol. The highest BCUT2D eigenvalue weighted by Crippen LogP contribution is 2.29. The van der Waals surface area contributed by atoms with Gasteiger partial charge in [-0.05, 0) is 39.2 Å². The molecule has 0 spiro atoms. The normalized spacial score (nSPS) is 25.2. The maximum Gasteiger partial charge on any atom is 0.408 e. The molecule has 2 aliphatic rings. The monoisotopic (exact) mass is 376 g/mol. The van der Waals surface area contributed by atoms with E-state index >= 15 is 0 Å². The number of benzene rings is 1. The fourth-order valence-corrected chi connectivity index (χ4v) is 3.40. The van der Waals surface area contributed by atoms with Crippen LogP contribution in [0.25, 0.3) is 0 Å². The Labute approximate surface area is 160 Å². The number of alkyl carbamates (subject to hydrolysis) is 1. The van der Waals surface area contributed by atoms with E-state index in [4.69, 9.17) is 14.2 Å². The van der Waals surface area contributed by atoms with Crippen molar-refractivity contribution in [2.45, 2.75) is 64.1 Å². The zero-order chi connectivity index (χ0) is 19.4. The van der Waals surface area contributed by atoms with Gasteiger partial charge in [-0.25, -0.2) is 4.79 Å². The molecule has 0 aromatic heterocycles. The molecule has 7 nitrogen and oxygen atoms in total. The first kappa shape index (κ1) is 19.6. The Bertz CT molecular complexity index is 658. The Kier molecular flexibility index (Phi) is 6.01. The van der Waals surface area contributed by atoms with Crippen LogP contribution in [0.5, 0.6) is 0 Å². The molecule has 2 saturated heterocycles. The lowest BCUT2D eigenvalue weighted by Crippen LogP contribution is -2.60. The molecule has 0 saturated carbocycles. The molecule has 0 aliphatic carbocycles. The summed E-state index contributed by atoms with van der Waals surface area (Å²) in [5, 5.41) is 2.62. The quantitative estimate of drug-likeness (QED) is 0.854. The predicted molar refractivity (Wildman–Crippen MR) is 98.9 cm³/mol. The lowest BCUT2D eigenvalue weighted by Gasteiger charge is -2.38. The number of hydrogen-bond donors (Lipinski definition) is 1. The van der Waals surface area contributed by atoms with Gasteiger partial charge >= 0.3 is 6.09 Å². The summed E-state index contributed by atoms with van der Waals surface area (Å²) < 4.78 is 16.9. The molecule has 1 aromatic carbocycles. The Balaban J connectivity index is 1.54. The van der Waals surface area contributed by atoms with E-state index in [-0.39, 0.29) is 24.8 Å². The van der Waals surface area contributed by atoms with Crippen molar-refractivity contribution >= 4 is 12.0 Å². The molecule has 0 bridgehead atoms. The molecular weight excluding hydrogens is 348 g/mol. The van der Waals surface area contributed by atoms with Crippen LogP contribution in [-0.4, -0.2) is 54.0 Å². The molecule has 2 aliphatic heterocycles. The lowest BCUT2D eigenvalue weighted by atomic mass is 10.2. The summed E-state index contributed by atoms with van der Waals surface area (Å²) >= 11 is 0. The highest BCUT2D eigenvalue weighted by atomic mass is 16.6. The van der Waals surface area contributed by atoms with Crippen molar-refractivity contribution in [2.75, 3.05) is 13.2 Å². The van der Waals surface area contributed by atoms with Crippen LogP contribution in [0, 0.1) is 0 Å². The first-order valence-electron chi connectivity index (χ1n) is 9.38. The van der Waals surface area contributed by atoms with Crippen LogP contribution < -0.4 is 5.32 Å². The van der Waals surface area contributed by atoms with Crippen molar-refractivity contribution in [2.24, 2.45) is 0 Å². The minimum atomic E-state index is -0.731. The van der Waals surface area contributed by atoms with E-state index in [1.54, 1.807) is 25.7 Å². The van der Waals surface area contributed by atoms with E-state index in [1.165, 1.54) is 0 Å². The minimum absolute atomic E-state index is 0.0468. The van der Waals surface area contributed by atoms with Gasteiger partial charge in [-0.1, -0.05) is 30.3 Å². The smallest absolute Gasteiger partial charge is 0.408 e. The van der Waals surface area contributed by atoms with E-state index in [2.05, 4.69) is 5.32 Å². The number of hydrogen-bond acceptors (Lipinski definition) is 5. The van der Waals surface area contributed by atoms with Crippen molar-refractivity contribution in [1.29, 1.82) is 0 Å². The number of carbonyl (C=O) groups is 2. The van der Waals surface area contributed by atoms with E-state index in [0.717, 1.165) is 18.4 Å². The van der Waals surface area contributed by atoms with Gasteiger partial charge in [0.15, 0.2) is 0 Å². The summed E-state index contributed by atoms with van der Waals surface area (Å²) in [6.07, 6.45) is 0.757. The molecule has 148 valence electrons. The second-order valence-corrected chi connectivity index (χ2v) is 7.96. The van der Waals surface area contributed by atoms with E-state index < -0.39 is 17.7 Å². The van der Waals surface area contributed by atoms with Crippen molar-refractivity contribution < 1.29 is 23.8 Å². The largest absolute Gasteiger partial charge is 0.444 e. The van der Waals surface area contributed by atoms with Crippen LogP contribution >= 0.6 is 0 Å². The number of ether oxygens (including phenoxy) is 3. The second-order valence-electron chi connectivity index (χ2n) is 7.96. The minimum Gasteiger partial charge on any atom is -0.444 e. The van der Waals surface area contributed by atoms with Crippen molar-refractivity contribution in [3.63, 3.8) is 0 Å². The van der Waals surface area contributed by atoms with Crippen molar-refractivity contribution in [1.82, 2.24) is 10.2 Å². The van der Waals surface area contributed by atoms with Crippen LogP contribution in [0.3, 0.4) is 0 Å². The third kappa shape index (κ3) is 5.20. The second kappa shape index (κ2) is 8.27. The number of fused-ring (bicyclic) bond motifs is 1. The van der Waals surface area contributed by atoms with Gasteiger partial charge in [0.1, 0.15) is 17.9 Å². The number of carbonyl (C=O) groups excluding carboxylic acids is 2. The molecule has 0 radical (unpaired) electrons. The average Bonchev–Trinajstić information content (AvgIpc) is 3.01. The van der Waals surface area contributed by atoms with Crippen LogP contribution in [-0.2, 0) is 25.6 Å². The zero-order valence-corrected chi connectivity index (χ0v) is 16.1. The maximum atomic E-state index is 12.9. The van der Waals surface area contributed by atoms with Gasteiger partial charge in [0.25, 0.3) is 0 Å². The van der Waals surface area contributed by atoms with Gasteiger partial charge in [-0.3, -0.25) is 4.79 Å². The number of amides is 2. The summed E-state index contributed by atoms with van der Waals surface area (Å²) in [5.74, 6) is -0.136. The van der Waals surface area contributed by atoms with Gasteiger partial charge in [-0.2, -0.15) is 0 Å². The summed E-state index contributed by atoms with van der Waals surface area (Å²) in [4.78, 5) is 26.6. The predicted octanol–water partition coefficient (Wildman–Crippen LogP) is 2.44. The summed E-state index contributed by atoms with van der Waals surface area (Å²) in [7, 11) is 0. The molecule has 2 heterocycles. The first-order chi connectivity index (χ1) is 12.8.